The normalized spacial score (nSPS) is 0. The van der Waals surface area contributed by atoms with Crippen LogP contribution in [0.4, 0.5) is 0 Å². The van der Waals surface area contributed by atoms with E-state index < -0.39 is 0 Å². The average molecular weight is 548 g/mol. The predicted octanol–water partition coefficient (Wildman–Crippen LogP) is -3.01. The quantitative estimate of drug-likeness (QED) is 0.144. The second-order valence-electron chi connectivity index (χ2n) is 0. The maximum Gasteiger partial charge on any atom is 0 e. The zero-order chi connectivity index (χ0) is 0. The zero-order valence-electron chi connectivity index (χ0n) is 12.8. The average Bonchev–Trinajstić information content (AvgIpc) is 0. The van der Waals surface area contributed by atoms with Gasteiger partial charge in [0.05, 0.1) is 0 Å². The van der Waals surface area contributed by atoms with E-state index in [0.29, 0.717) is 0 Å². The molecule has 0 aliphatic heterocycles. The van der Waals surface area contributed by atoms with Crippen LogP contribution >= 0.6 is 0 Å². The standard InChI is InChI=1S/4Co.12H3N.6H2O/h;;;;12*1H3;6*1H2. The van der Waals surface area contributed by atoms with E-state index in [1.165, 1.54) is 0 Å². The fraction of sp³-hybridized carbons (Fsp3) is 0. The molecule has 0 heterocycles. The summed E-state index contributed by atoms with van der Waals surface area (Å²) in [5, 5.41) is 0. The summed E-state index contributed by atoms with van der Waals surface area (Å²) in [6.07, 6.45) is 0. The van der Waals surface area contributed by atoms with Crippen LogP contribution in [0.1, 0.15) is 0 Å². The van der Waals surface area contributed by atoms with Crippen LogP contribution in [-0.2, 0) is 67.1 Å². The van der Waals surface area contributed by atoms with Gasteiger partial charge in [0.2, 0.25) is 0 Å². The van der Waals surface area contributed by atoms with Crippen molar-refractivity contribution in [3.05, 3.63) is 0 Å². The summed E-state index contributed by atoms with van der Waals surface area (Å²) in [5.74, 6) is 0. The largest absolute Gasteiger partial charge is 0.412 e. The third-order valence-corrected chi connectivity index (χ3v) is 0. The van der Waals surface area contributed by atoms with Crippen molar-refractivity contribution >= 4 is 0 Å². The van der Waals surface area contributed by atoms with Gasteiger partial charge in [-0.05, 0) is 0 Å². The van der Waals surface area contributed by atoms with E-state index in [1.54, 1.807) is 0 Å². The van der Waals surface area contributed by atoms with Crippen LogP contribution < -0.4 is 73.8 Å². The molecule has 0 saturated carbocycles. The molecule has 0 aromatic rings. The van der Waals surface area contributed by atoms with Gasteiger partial charge in [-0.1, -0.05) is 0 Å². The monoisotopic (exact) mass is 548 g/mol. The second-order valence-corrected chi connectivity index (χ2v) is 0. The predicted molar refractivity (Wildman–Crippen MR) is 81.9 cm³/mol. The number of hydrogen-bond donors (Lipinski definition) is 12. The first kappa shape index (κ1) is 6800. The molecular weight excluding hydrogens is 500 g/mol. The van der Waals surface area contributed by atoms with Gasteiger partial charge in [-0.3, -0.25) is 0 Å². The Bertz CT molecular complexity index is 31.6. The molecule has 0 rings (SSSR count). The van der Waals surface area contributed by atoms with E-state index in [9.17, 15) is 0 Å². The van der Waals surface area contributed by atoms with Crippen LogP contribution in [0.15, 0.2) is 0 Å². The molecule has 0 atom stereocenters. The maximum atomic E-state index is 0. The Kier molecular flexibility index (Phi) is 1830000. The summed E-state index contributed by atoms with van der Waals surface area (Å²) < 4.78 is 0. The number of rotatable bonds is 0. The van der Waals surface area contributed by atoms with Crippen molar-refractivity contribution in [2.75, 3.05) is 0 Å². The minimum atomic E-state index is 0. The molecule has 22 heteroatoms. The Balaban J connectivity index is 0. The summed E-state index contributed by atoms with van der Waals surface area (Å²) in [6, 6.07) is 0. The summed E-state index contributed by atoms with van der Waals surface area (Å²) in [7, 11) is 0. The molecule has 0 unspecified atom stereocenters. The molecule has 0 spiro atoms. The van der Waals surface area contributed by atoms with Crippen molar-refractivity contribution < 1.29 is 100.0 Å². The molecule has 0 amide bonds. The molecule has 18 nitrogen and oxygen atoms in total. The van der Waals surface area contributed by atoms with Crippen LogP contribution in [0.25, 0.3) is 0 Å². The first-order valence-electron chi connectivity index (χ1n) is 0. The Morgan fingerprint density at radius 1 is 0.136 bits per heavy atom. The van der Waals surface area contributed by atoms with Gasteiger partial charge >= 0.3 is 0 Å². The number of hydrogen-bond acceptors (Lipinski definition) is 12. The van der Waals surface area contributed by atoms with Gasteiger partial charge < -0.3 is 107 Å². The van der Waals surface area contributed by atoms with E-state index in [2.05, 4.69) is 0 Å². The topological polar surface area (TPSA) is 609 Å². The molecular formula is H48Co4N12O6. The van der Waals surface area contributed by atoms with Crippen molar-refractivity contribution in [1.29, 1.82) is 0 Å². The van der Waals surface area contributed by atoms with Crippen LogP contribution in [0.3, 0.4) is 0 Å². The summed E-state index contributed by atoms with van der Waals surface area (Å²) in [5.41, 5.74) is 0. The third kappa shape index (κ3) is 5150. The Hall–Kier alpha value is 1.31. The van der Waals surface area contributed by atoms with E-state index in [4.69, 9.17) is 0 Å². The van der Waals surface area contributed by atoms with E-state index >= 15 is 0 Å². The second kappa shape index (κ2) is 5940. The molecule has 0 aliphatic rings. The van der Waals surface area contributed by atoms with Crippen molar-refractivity contribution in [2.24, 2.45) is 0 Å². The van der Waals surface area contributed by atoms with Crippen molar-refractivity contribution in [1.82, 2.24) is 73.8 Å². The summed E-state index contributed by atoms with van der Waals surface area (Å²) in [4.78, 5) is 0. The Morgan fingerprint density at radius 3 is 0.136 bits per heavy atom. The van der Waals surface area contributed by atoms with Crippen LogP contribution in [0.5, 0.6) is 0 Å². The first-order valence-corrected chi connectivity index (χ1v) is 0. The van der Waals surface area contributed by atoms with Gasteiger partial charge in [0, 0.05) is 67.1 Å². The van der Waals surface area contributed by atoms with E-state index in [0.717, 1.165) is 0 Å². The maximum absolute atomic E-state index is 0. The molecule has 4 radical (unpaired) electrons. The first-order chi connectivity index (χ1) is 0. The van der Waals surface area contributed by atoms with Gasteiger partial charge in [-0.2, -0.15) is 0 Å². The molecule has 0 saturated heterocycles. The van der Waals surface area contributed by atoms with Gasteiger partial charge in [-0.15, -0.1) is 0 Å². The SMILES string of the molecule is N.N.N.N.N.N.N.N.N.N.N.N.O.O.O.O.O.O.[Co].[Co].[Co].[Co]. The van der Waals surface area contributed by atoms with E-state index in [1.807, 2.05) is 0 Å². The Labute approximate surface area is 173 Å². The van der Waals surface area contributed by atoms with E-state index in [-0.39, 0.29) is 174 Å². The molecule has 48 N–H and O–H groups in total. The van der Waals surface area contributed by atoms with Crippen LogP contribution in [-0.4, -0.2) is 32.9 Å². The van der Waals surface area contributed by atoms with Crippen LogP contribution in [0, 0.1) is 0 Å². The minimum Gasteiger partial charge on any atom is -0.412 e. The third-order valence-electron chi connectivity index (χ3n) is 0. The smallest absolute Gasteiger partial charge is 0 e. The van der Waals surface area contributed by atoms with Crippen LogP contribution in [0.2, 0.25) is 0 Å². The fourth-order valence-corrected chi connectivity index (χ4v) is 0. The zero-order valence-corrected chi connectivity index (χ0v) is 17.0. The molecule has 180 valence electrons. The summed E-state index contributed by atoms with van der Waals surface area (Å²) >= 11 is 0. The molecule has 0 aliphatic carbocycles. The molecule has 0 aromatic carbocycles. The molecule has 0 fully saturated rings. The van der Waals surface area contributed by atoms with Crippen molar-refractivity contribution in [3.63, 3.8) is 0 Å². The van der Waals surface area contributed by atoms with Gasteiger partial charge in [-0.25, -0.2) is 0 Å². The van der Waals surface area contributed by atoms with Crippen molar-refractivity contribution in [3.8, 4) is 0 Å². The van der Waals surface area contributed by atoms with Gasteiger partial charge in [0.1, 0.15) is 0 Å². The molecule has 22 heavy (non-hydrogen) atoms. The van der Waals surface area contributed by atoms with Gasteiger partial charge in [0.15, 0.2) is 0 Å². The molecule has 0 aromatic heterocycles. The minimum absolute atomic E-state index is 0. The molecule has 0 bridgehead atoms. The summed E-state index contributed by atoms with van der Waals surface area (Å²) in [6.45, 7) is 0. The Morgan fingerprint density at radius 2 is 0.136 bits per heavy atom. The van der Waals surface area contributed by atoms with Gasteiger partial charge in [0.25, 0.3) is 0 Å². The fourth-order valence-electron chi connectivity index (χ4n) is 0. The van der Waals surface area contributed by atoms with Crippen molar-refractivity contribution in [2.45, 2.75) is 0 Å².